The molecule has 2 aromatic heterocycles. The molecule has 3 aromatic rings. The number of rotatable bonds is 6. The fourth-order valence-electron chi connectivity index (χ4n) is 2.69. The number of nitrogens with one attached hydrogen (secondary N) is 2. The molecule has 1 fully saturated rings. The Balaban J connectivity index is 1.37. The van der Waals surface area contributed by atoms with Crippen LogP contribution >= 0.6 is 11.6 Å². The Labute approximate surface area is 170 Å². The molecule has 29 heavy (non-hydrogen) atoms. The van der Waals surface area contributed by atoms with Crippen molar-refractivity contribution in [3.05, 3.63) is 71.2 Å². The third kappa shape index (κ3) is 4.60. The molecule has 4 rings (SSSR count). The van der Waals surface area contributed by atoms with Crippen molar-refractivity contribution in [2.45, 2.75) is 19.4 Å². The first-order valence-corrected chi connectivity index (χ1v) is 9.41. The van der Waals surface area contributed by atoms with E-state index in [2.05, 4.69) is 20.6 Å². The van der Waals surface area contributed by atoms with Gasteiger partial charge in [0.1, 0.15) is 23.7 Å². The Morgan fingerprint density at radius 1 is 1.21 bits per heavy atom. The summed E-state index contributed by atoms with van der Waals surface area (Å²) in [4.78, 5) is 32.5. The van der Waals surface area contributed by atoms with Gasteiger partial charge in [-0.15, -0.1) is 0 Å². The number of anilines is 1. The average Bonchev–Trinajstić information content (AvgIpc) is 3.46. The highest BCUT2D eigenvalue weighted by atomic mass is 35.5. The first-order chi connectivity index (χ1) is 14.0. The van der Waals surface area contributed by atoms with E-state index in [9.17, 15) is 14.0 Å². The molecule has 1 saturated carbocycles. The molecule has 0 aliphatic heterocycles. The van der Waals surface area contributed by atoms with Crippen LogP contribution in [0.4, 0.5) is 10.1 Å². The molecule has 2 heterocycles. The van der Waals surface area contributed by atoms with Gasteiger partial charge in [-0.2, -0.15) is 0 Å². The lowest BCUT2D eigenvalue weighted by molar-refractivity contribution is -0.117. The Morgan fingerprint density at radius 3 is 2.72 bits per heavy atom. The zero-order valence-electron chi connectivity index (χ0n) is 15.2. The number of hydrogen-bond acceptors (Lipinski definition) is 4. The number of carbonyl (C=O) groups is 2. The van der Waals surface area contributed by atoms with Crippen LogP contribution in [-0.4, -0.2) is 26.3 Å². The SMILES string of the molecule is O=C(NCc1ccc(F)c(Cl)c1)c1cn(-c2ccc(NC(=O)C3CC3)cn2)cn1. The molecule has 9 heteroatoms. The number of pyridine rings is 1. The maximum atomic E-state index is 13.2. The number of halogens is 2. The van der Waals surface area contributed by atoms with E-state index in [-0.39, 0.29) is 35.0 Å². The lowest BCUT2D eigenvalue weighted by atomic mass is 10.2. The van der Waals surface area contributed by atoms with E-state index in [0.717, 1.165) is 12.8 Å². The van der Waals surface area contributed by atoms with E-state index in [1.807, 2.05) is 0 Å². The van der Waals surface area contributed by atoms with Crippen molar-refractivity contribution in [1.82, 2.24) is 19.9 Å². The number of nitrogens with zero attached hydrogens (tertiary/aromatic N) is 3. The van der Waals surface area contributed by atoms with Crippen LogP contribution in [0.25, 0.3) is 5.82 Å². The van der Waals surface area contributed by atoms with Gasteiger partial charge in [0.15, 0.2) is 0 Å². The van der Waals surface area contributed by atoms with Crippen LogP contribution in [0, 0.1) is 11.7 Å². The molecule has 1 aromatic carbocycles. The van der Waals surface area contributed by atoms with Gasteiger partial charge >= 0.3 is 0 Å². The molecule has 0 spiro atoms. The largest absolute Gasteiger partial charge is 0.347 e. The Hall–Kier alpha value is -3.26. The maximum Gasteiger partial charge on any atom is 0.271 e. The van der Waals surface area contributed by atoms with Crippen LogP contribution in [0.2, 0.25) is 5.02 Å². The minimum absolute atomic E-state index is 0.00358. The second kappa shape index (κ2) is 8.00. The first-order valence-electron chi connectivity index (χ1n) is 9.03. The molecular weight excluding hydrogens is 397 g/mol. The highest BCUT2D eigenvalue weighted by Gasteiger charge is 2.29. The second-order valence-electron chi connectivity index (χ2n) is 6.77. The number of hydrogen-bond donors (Lipinski definition) is 2. The molecule has 0 unspecified atom stereocenters. The van der Waals surface area contributed by atoms with E-state index in [0.29, 0.717) is 17.1 Å². The highest BCUT2D eigenvalue weighted by molar-refractivity contribution is 6.30. The number of amides is 2. The number of benzene rings is 1. The molecule has 1 aliphatic carbocycles. The molecule has 0 radical (unpaired) electrons. The molecule has 1 aliphatic rings. The van der Waals surface area contributed by atoms with Crippen molar-refractivity contribution >= 4 is 29.1 Å². The minimum Gasteiger partial charge on any atom is -0.347 e. The lowest BCUT2D eigenvalue weighted by Crippen LogP contribution is -2.23. The summed E-state index contributed by atoms with van der Waals surface area (Å²) >= 11 is 5.74. The topological polar surface area (TPSA) is 88.9 Å². The van der Waals surface area contributed by atoms with Crippen LogP contribution in [0.5, 0.6) is 0 Å². The van der Waals surface area contributed by atoms with Crippen molar-refractivity contribution < 1.29 is 14.0 Å². The highest BCUT2D eigenvalue weighted by Crippen LogP contribution is 2.30. The monoisotopic (exact) mass is 413 g/mol. The van der Waals surface area contributed by atoms with Crippen molar-refractivity contribution in [2.24, 2.45) is 5.92 Å². The number of aromatic nitrogens is 3. The quantitative estimate of drug-likeness (QED) is 0.648. The standard InChI is InChI=1S/C20H17ClFN5O2/c21-15-7-12(1-5-16(15)22)8-24-20(29)17-10-27(11-25-17)18-6-4-14(9-23-18)26-19(28)13-2-3-13/h1,4-7,9-11,13H,2-3,8H2,(H,24,29)(H,26,28). The van der Waals surface area contributed by atoms with Crippen LogP contribution in [-0.2, 0) is 11.3 Å². The van der Waals surface area contributed by atoms with Crippen LogP contribution in [0.1, 0.15) is 28.9 Å². The predicted molar refractivity (Wildman–Crippen MR) is 105 cm³/mol. The summed E-state index contributed by atoms with van der Waals surface area (Å²) in [6.07, 6.45) is 6.47. The lowest BCUT2D eigenvalue weighted by Gasteiger charge is -2.06. The van der Waals surface area contributed by atoms with Gasteiger partial charge < -0.3 is 10.6 Å². The van der Waals surface area contributed by atoms with E-state index in [1.54, 1.807) is 35.2 Å². The van der Waals surface area contributed by atoms with Gasteiger partial charge in [-0.3, -0.25) is 14.2 Å². The Morgan fingerprint density at radius 2 is 2.03 bits per heavy atom. The average molecular weight is 414 g/mol. The third-order valence-corrected chi connectivity index (χ3v) is 4.77. The Bertz CT molecular complexity index is 1060. The van der Waals surface area contributed by atoms with Gasteiger partial charge in [0, 0.05) is 18.7 Å². The molecule has 2 N–H and O–H groups in total. The second-order valence-corrected chi connectivity index (χ2v) is 7.17. The summed E-state index contributed by atoms with van der Waals surface area (Å²) in [5.74, 6) is -0.186. The zero-order chi connectivity index (χ0) is 20.4. The van der Waals surface area contributed by atoms with Gasteiger partial charge in [0.2, 0.25) is 5.91 Å². The van der Waals surface area contributed by atoms with Gasteiger partial charge in [-0.05, 0) is 42.7 Å². The summed E-state index contributed by atoms with van der Waals surface area (Å²) in [7, 11) is 0. The fourth-order valence-corrected chi connectivity index (χ4v) is 2.89. The fraction of sp³-hybridized carbons (Fsp3) is 0.200. The van der Waals surface area contributed by atoms with Crippen LogP contribution in [0.15, 0.2) is 49.1 Å². The molecule has 148 valence electrons. The minimum atomic E-state index is -0.508. The van der Waals surface area contributed by atoms with E-state index >= 15 is 0 Å². The van der Waals surface area contributed by atoms with Crippen molar-refractivity contribution in [1.29, 1.82) is 0 Å². The molecule has 0 bridgehead atoms. The van der Waals surface area contributed by atoms with E-state index in [1.165, 1.54) is 18.5 Å². The third-order valence-electron chi connectivity index (χ3n) is 4.48. The maximum absolute atomic E-state index is 13.2. The summed E-state index contributed by atoms with van der Waals surface area (Å²) in [6.45, 7) is 0.194. The van der Waals surface area contributed by atoms with Gasteiger partial charge in [-0.1, -0.05) is 17.7 Å². The molecular formula is C20H17ClFN5O2. The summed E-state index contributed by atoms with van der Waals surface area (Å²) in [6, 6.07) is 7.74. The summed E-state index contributed by atoms with van der Waals surface area (Å²) < 4.78 is 14.8. The van der Waals surface area contributed by atoms with Crippen LogP contribution in [0.3, 0.4) is 0 Å². The predicted octanol–water partition coefficient (Wildman–Crippen LogP) is 3.34. The molecule has 0 atom stereocenters. The van der Waals surface area contributed by atoms with Crippen molar-refractivity contribution in [3.8, 4) is 5.82 Å². The van der Waals surface area contributed by atoms with Gasteiger partial charge in [0.05, 0.1) is 16.9 Å². The summed E-state index contributed by atoms with van der Waals surface area (Å²) in [5.41, 5.74) is 1.52. The normalized spacial score (nSPS) is 13.2. The van der Waals surface area contributed by atoms with Crippen molar-refractivity contribution in [2.75, 3.05) is 5.32 Å². The van der Waals surface area contributed by atoms with E-state index < -0.39 is 5.82 Å². The van der Waals surface area contributed by atoms with Gasteiger partial charge in [0.25, 0.3) is 5.91 Å². The van der Waals surface area contributed by atoms with Crippen LogP contribution < -0.4 is 10.6 Å². The van der Waals surface area contributed by atoms with Gasteiger partial charge in [-0.25, -0.2) is 14.4 Å². The first kappa shape index (κ1) is 19.1. The van der Waals surface area contributed by atoms with Crippen molar-refractivity contribution in [3.63, 3.8) is 0 Å². The Kier molecular flexibility index (Phi) is 5.26. The molecule has 7 nitrogen and oxygen atoms in total. The number of carbonyl (C=O) groups excluding carboxylic acids is 2. The zero-order valence-corrected chi connectivity index (χ0v) is 16.0. The van der Waals surface area contributed by atoms with E-state index in [4.69, 9.17) is 11.6 Å². The molecule has 0 saturated heterocycles. The smallest absolute Gasteiger partial charge is 0.271 e. The summed E-state index contributed by atoms with van der Waals surface area (Å²) in [5, 5.41) is 5.54. The molecule has 2 amide bonds. The number of imidazole rings is 1.